The van der Waals surface area contributed by atoms with Gasteiger partial charge in [0.25, 0.3) is 5.91 Å². The summed E-state index contributed by atoms with van der Waals surface area (Å²) in [5.41, 5.74) is 1.18. The molecule has 0 aliphatic carbocycles. The van der Waals surface area contributed by atoms with Crippen LogP contribution in [0.15, 0.2) is 24.8 Å². The van der Waals surface area contributed by atoms with Gasteiger partial charge >= 0.3 is 0 Å². The fourth-order valence-corrected chi connectivity index (χ4v) is 1.18. The molecule has 2 heterocycles. The molecule has 0 aromatic carbocycles. The number of aryl methyl sites for hydroxylation is 1. The van der Waals surface area contributed by atoms with Crippen molar-refractivity contribution >= 4 is 11.6 Å². The lowest BCUT2D eigenvalue weighted by molar-refractivity contribution is 0.102. The minimum absolute atomic E-state index is 0.195. The Morgan fingerprint density at radius 2 is 2.47 bits per heavy atom. The van der Waals surface area contributed by atoms with E-state index in [0.29, 0.717) is 11.3 Å². The highest BCUT2D eigenvalue weighted by molar-refractivity contribution is 6.03. The zero-order valence-corrected chi connectivity index (χ0v) is 8.27. The predicted octanol–water partition coefficient (Wildman–Crippen LogP) is 0.878. The van der Waals surface area contributed by atoms with Crippen LogP contribution in [-0.2, 0) is 6.54 Å². The molecule has 0 fully saturated rings. The monoisotopic (exact) mass is 205 g/mol. The van der Waals surface area contributed by atoms with Crippen molar-refractivity contribution in [2.45, 2.75) is 13.5 Å². The van der Waals surface area contributed by atoms with Crippen molar-refractivity contribution in [2.24, 2.45) is 0 Å². The van der Waals surface area contributed by atoms with E-state index in [4.69, 9.17) is 0 Å². The molecule has 6 nitrogen and oxygen atoms in total. The first-order valence-electron chi connectivity index (χ1n) is 4.62. The highest BCUT2D eigenvalue weighted by Gasteiger charge is 2.07. The molecule has 1 amide bonds. The van der Waals surface area contributed by atoms with E-state index in [-0.39, 0.29) is 5.91 Å². The predicted molar refractivity (Wildman–Crippen MR) is 54.4 cm³/mol. The van der Waals surface area contributed by atoms with E-state index >= 15 is 0 Å². The van der Waals surface area contributed by atoms with Crippen LogP contribution in [-0.4, -0.2) is 25.9 Å². The molecule has 0 aliphatic rings. The Balaban J connectivity index is 2.06. The van der Waals surface area contributed by atoms with Gasteiger partial charge in [0.2, 0.25) is 0 Å². The first-order valence-corrected chi connectivity index (χ1v) is 4.62. The van der Waals surface area contributed by atoms with Crippen LogP contribution in [0.4, 0.5) is 5.69 Å². The lowest BCUT2D eigenvalue weighted by Gasteiger charge is -1.98. The Morgan fingerprint density at radius 3 is 3.07 bits per heavy atom. The van der Waals surface area contributed by atoms with Crippen LogP contribution < -0.4 is 5.32 Å². The molecule has 2 aromatic heterocycles. The van der Waals surface area contributed by atoms with E-state index in [2.05, 4.69) is 20.6 Å². The number of aromatic nitrogens is 4. The van der Waals surface area contributed by atoms with Gasteiger partial charge in [-0.2, -0.15) is 10.2 Å². The summed E-state index contributed by atoms with van der Waals surface area (Å²) >= 11 is 0. The molecule has 2 aromatic rings. The highest BCUT2D eigenvalue weighted by atomic mass is 16.1. The molecule has 0 aliphatic heterocycles. The van der Waals surface area contributed by atoms with Crippen LogP contribution in [0, 0.1) is 0 Å². The number of hydrogen-bond donors (Lipinski definition) is 2. The number of aromatic amines is 1. The fourth-order valence-electron chi connectivity index (χ4n) is 1.18. The van der Waals surface area contributed by atoms with Gasteiger partial charge in [-0.3, -0.25) is 14.6 Å². The van der Waals surface area contributed by atoms with E-state index in [1.54, 1.807) is 23.3 Å². The maximum atomic E-state index is 11.6. The maximum absolute atomic E-state index is 11.6. The topological polar surface area (TPSA) is 75.6 Å². The molecule has 0 saturated carbocycles. The molecular weight excluding hydrogens is 194 g/mol. The van der Waals surface area contributed by atoms with Crippen molar-refractivity contribution in [1.82, 2.24) is 20.0 Å². The average molecular weight is 205 g/mol. The SMILES string of the molecule is CCn1cc(NC(=O)c2cn[nH]c2)cn1. The Labute approximate surface area is 86.3 Å². The van der Waals surface area contributed by atoms with Crippen LogP contribution in [0.25, 0.3) is 0 Å². The van der Waals surface area contributed by atoms with Crippen molar-refractivity contribution in [3.8, 4) is 0 Å². The van der Waals surface area contributed by atoms with Crippen LogP contribution in [0.5, 0.6) is 0 Å². The number of rotatable bonds is 3. The molecular formula is C9H11N5O. The minimum Gasteiger partial charge on any atom is -0.319 e. The van der Waals surface area contributed by atoms with E-state index < -0.39 is 0 Å². The minimum atomic E-state index is -0.195. The number of amides is 1. The van der Waals surface area contributed by atoms with Crippen molar-refractivity contribution < 1.29 is 4.79 Å². The lowest BCUT2D eigenvalue weighted by atomic mass is 10.3. The number of carbonyl (C=O) groups is 1. The van der Waals surface area contributed by atoms with Gasteiger partial charge in [-0.15, -0.1) is 0 Å². The molecule has 0 spiro atoms. The summed E-state index contributed by atoms with van der Waals surface area (Å²) < 4.78 is 1.74. The second-order valence-electron chi connectivity index (χ2n) is 3.03. The number of anilines is 1. The van der Waals surface area contributed by atoms with Crippen molar-refractivity contribution in [1.29, 1.82) is 0 Å². The van der Waals surface area contributed by atoms with Gasteiger partial charge in [0.1, 0.15) is 0 Å². The van der Waals surface area contributed by atoms with Gasteiger partial charge < -0.3 is 5.32 Å². The molecule has 78 valence electrons. The Morgan fingerprint density at radius 1 is 1.60 bits per heavy atom. The van der Waals surface area contributed by atoms with Gasteiger partial charge in [-0.25, -0.2) is 0 Å². The Bertz CT molecular complexity index is 445. The molecule has 0 bridgehead atoms. The summed E-state index contributed by atoms with van der Waals surface area (Å²) in [5, 5.41) is 13.0. The fraction of sp³-hybridized carbons (Fsp3) is 0.222. The Kier molecular flexibility index (Phi) is 2.49. The average Bonchev–Trinajstić information content (AvgIpc) is 2.87. The van der Waals surface area contributed by atoms with Crippen LogP contribution in [0.1, 0.15) is 17.3 Å². The normalized spacial score (nSPS) is 10.2. The molecule has 2 rings (SSSR count). The van der Waals surface area contributed by atoms with Crippen LogP contribution >= 0.6 is 0 Å². The molecule has 0 unspecified atom stereocenters. The Hall–Kier alpha value is -2.11. The quantitative estimate of drug-likeness (QED) is 0.780. The largest absolute Gasteiger partial charge is 0.319 e. The second kappa shape index (κ2) is 3.95. The second-order valence-corrected chi connectivity index (χ2v) is 3.03. The third kappa shape index (κ3) is 2.04. The summed E-state index contributed by atoms with van der Waals surface area (Å²) in [6.45, 7) is 2.76. The third-order valence-corrected chi connectivity index (χ3v) is 1.98. The lowest BCUT2D eigenvalue weighted by Crippen LogP contribution is -2.10. The van der Waals surface area contributed by atoms with Gasteiger partial charge in [0.05, 0.1) is 23.6 Å². The number of hydrogen-bond acceptors (Lipinski definition) is 3. The zero-order chi connectivity index (χ0) is 10.7. The van der Waals surface area contributed by atoms with Gasteiger partial charge in [-0.05, 0) is 6.92 Å². The van der Waals surface area contributed by atoms with Crippen molar-refractivity contribution in [2.75, 3.05) is 5.32 Å². The molecule has 6 heteroatoms. The molecule has 2 N–H and O–H groups in total. The summed E-state index contributed by atoms with van der Waals surface area (Å²) in [7, 11) is 0. The van der Waals surface area contributed by atoms with Gasteiger partial charge in [0, 0.05) is 18.9 Å². The maximum Gasteiger partial charge on any atom is 0.258 e. The highest BCUT2D eigenvalue weighted by Crippen LogP contribution is 2.06. The van der Waals surface area contributed by atoms with Gasteiger partial charge in [-0.1, -0.05) is 0 Å². The van der Waals surface area contributed by atoms with Crippen LogP contribution in [0.3, 0.4) is 0 Å². The summed E-state index contributed by atoms with van der Waals surface area (Å²) in [6.07, 6.45) is 6.40. The first kappa shape index (κ1) is 9.45. The molecule has 15 heavy (non-hydrogen) atoms. The summed E-state index contributed by atoms with van der Waals surface area (Å²) in [6, 6.07) is 0. The van der Waals surface area contributed by atoms with Crippen molar-refractivity contribution in [3.05, 3.63) is 30.4 Å². The standard InChI is InChI=1S/C9H11N5O/c1-2-14-6-8(5-12-14)13-9(15)7-3-10-11-4-7/h3-6H,2H2,1H3,(H,10,11)(H,13,15). The smallest absolute Gasteiger partial charge is 0.258 e. The van der Waals surface area contributed by atoms with E-state index in [9.17, 15) is 4.79 Å². The van der Waals surface area contributed by atoms with Crippen LogP contribution in [0.2, 0.25) is 0 Å². The molecule has 0 radical (unpaired) electrons. The van der Waals surface area contributed by atoms with Crippen molar-refractivity contribution in [3.63, 3.8) is 0 Å². The first-order chi connectivity index (χ1) is 7.29. The summed E-state index contributed by atoms with van der Waals surface area (Å²) in [5.74, 6) is -0.195. The third-order valence-electron chi connectivity index (χ3n) is 1.98. The van der Waals surface area contributed by atoms with E-state index in [1.807, 2.05) is 6.92 Å². The number of carbonyl (C=O) groups excluding carboxylic acids is 1. The van der Waals surface area contributed by atoms with Gasteiger partial charge in [0.15, 0.2) is 0 Å². The molecule has 0 saturated heterocycles. The van der Waals surface area contributed by atoms with E-state index in [0.717, 1.165) is 6.54 Å². The zero-order valence-electron chi connectivity index (χ0n) is 8.27. The number of H-pyrrole nitrogens is 1. The molecule has 0 atom stereocenters. The summed E-state index contributed by atoms with van der Waals surface area (Å²) in [4.78, 5) is 11.6. The number of nitrogens with zero attached hydrogens (tertiary/aromatic N) is 3. The van der Waals surface area contributed by atoms with E-state index in [1.165, 1.54) is 6.20 Å². The number of nitrogens with one attached hydrogen (secondary N) is 2.